The number of methoxy groups -OCH3 is 1. The molecule has 0 unspecified atom stereocenters. The number of fused-ring (bicyclic) bond motifs is 1. The molecule has 1 aliphatic heterocycles. The maximum Gasteiger partial charge on any atom is 0.337 e. The highest BCUT2D eigenvalue weighted by Gasteiger charge is 2.24. The van der Waals surface area contributed by atoms with Crippen LogP contribution in [0.5, 0.6) is 0 Å². The van der Waals surface area contributed by atoms with Gasteiger partial charge in [0.1, 0.15) is 5.82 Å². The summed E-state index contributed by atoms with van der Waals surface area (Å²) < 4.78 is 12.8. The summed E-state index contributed by atoms with van der Waals surface area (Å²) in [5, 5.41) is 0. The minimum Gasteiger partial charge on any atom is -0.465 e. The Morgan fingerprint density at radius 2 is 2.12 bits per heavy atom. The molecule has 5 nitrogen and oxygen atoms in total. The predicted octanol–water partition coefficient (Wildman–Crippen LogP) is 3.34. The maximum atomic E-state index is 11.9. The molecule has 0 N–H and O–H groups in total. The molecule has 1 aliphatic carbocycles. The van der Waals surface area contributed by atoms with Crippen LogP contribution in [0, 0.1) is 5.92 Å². The van der Waals surface area contributed by atoms with Crippen molar-refractivity contribution >= 4 is 17.0 Å². The van der Waals surface area contributed by atoms with Crippen LogP contribution in [0.3, 0.4) is 0 Å². The highest BCUT2D eigenvalue weighted by Crippen LogP contribution is 2.30. The molecule has 2 fully saturated rings. The van der Waals surface area contributed by atoms with E-state index >= 15 is 0 Å². The van der Waals surface area contributed by atoms with Crippen molar-refractivity contribution < 1.29 is 14.3 Å². The fraction of sp³-hybridized carbons (Fsp3) is 0.579. The molecule has 0 bridgehead atoms. The van der Waals surface area contributed by atoms with E-state index in [2.05, 4.69) is 4.57 Å². The van der Waals surface area contributed by atoms with Gasteiger partial charge in [0.05, 0.1) is 36.4 Å². The van der Waals surface area contributed by atoms with Crippen LogP contribution in [-0.4, -0.2) is 35.3 Å². The first-order valence-electron chi connectivity index (χ1n) is 8.93. The highest BCUT2D eigenvalue weighted by atomic mass is 16.5. The number of esters is 1. The van der Waals surface area contributed by atoms with Gasteiger partial charge in [0.2, 0.25) is 0 Å². The second-order valence-electron chi connectivity index (χ2n) is 6.97. The van der Waals surface area contributed by atoms with Crippen molar-refractivity contribution in [2.24, 2.45) is 5.92 Å². The van der Waals surface area contributed by atoms with Gasteiger partial charge in [0, 0.05) is 13.0 Å². The molecule has 24 heavy (non-hydrogen) atoms. The van der Waals surface area contributed by atoms with Crippen LogP contribution < -0.4 is 0 Å². The van der Waals surface area contributed by atoms with Crippen molar-refractivity contribution in [3.8, 4) is 0 Å². The Bertz CT molecular complexity index is 742. The molecule has 1 saturated carbocycles. The predicted molar refractivity (Wildman–Crippen MR) is 91.1 cm³/mol. The number of aromatic nitrogens is 2. The number of ether oxygens (including phenoxy) is 2. The Kier molecular flexibility index (Phi) is 4.27. The summed E-state index contributed by atoms with van der Waals surface area (Å²) in [5.74, 6) is 1.57. The second-order valence-corrected chi connectivity index (χ2v) is 6.97. The van der Waals surface area contributed by atoms with E-state index in [1.165, 1.54) is 32.8 Å². The molecule has 0 radical (unpaired) electrons. The quantitative estimate of drug-likeness (QED) is 0.790. The number of hydrogen-bond donors (Lipinski definition) is 0. The highest BCUT2D eigenvalue weighted by molar-refractivity contribution is 5.93. The summed E-state index contributed by atoms with van der Waals surface area (Å²) in [7, 11) is 1.41. The molecule has 128 valence electrons. The lowest BCUT2D eigenvalue weighted by molar-refractivity contribution is -0.0590. The Hall–Kier alpha value is -1.88. The van der Waals surface area contributed by atoms with Crippen LogP contribution in [0.1, 0.15) is 48.3 Å². The monoisotopic (exact) mass is 328 g/mol. The number of nitrogens with zero attached hydrogens (tertiary/aromatic N) is 2. The first-order chi connectivity index (χ1) is 11.7. The minimum absolute atomic E-state index is 0.270. The van der Waals surface area contributed by atoms with Crippen LogP contribution in [0.15, 0.2) is 18.2 Å². The van der Waals surface area contributed by atoms with Crippen molar-refractivity contribution in [1.82, 2.24) is 9.55 Å². The summed E-state index contributed by atoms with van der Waals surface area (Å²) in [4.78, 5) is 16.7. The molecular weight excluding hydrogens is 304 g/mol. The van der Waals surface area contributed by atoms with Crippen LogP contribution in [0.25, 0.3) is 11.0 Å². The Morgan fingerprint density at radius 3 is 2.79 bits per heavy atom. The second kappa shape index (κ2) is 6.55. The van der Waals surface area contributed by atoms with Gasteiger partial charge in [-0.1, -0.05) is 25.7 Å². The largest absolute Gasteiger partial charge is 0.465 e. The average Bonchev–Trinajstić information content (AvgIpc) is 3.17. The van der Waals surface area contributed by atoms with Crippen molar-refractivity contribution in [3.63, 3.8) is 0 Å². The summed E-state index contributed by atoms with van der Waals surface area (Å²) >= 11 is 0. The zero-order valence-electron chi connectivity index (χ0n) is 14.2. The Balaban J connectivity index is 1.71. The number of carbonyl (C=O) groups excluding carboxylic acids is 1. The molecule has 1 saturated heterocycles. The lowest BCUT2D eigenvalue weighted by atomic mass is 10.0. The van der Waals surface area contributed by atoms with Crippen molar-refractivity contribution in [2.75, 3.05) is 13.7 Å². The van der Waals surface area contributed by atoms with Gasteiger partial charge in [-0.05, 0) is 30.5 Å². The molecule has 2 aliphatic rings. The average molecular weight is 328 g/mol. The smallest absolute Gasteiger partial charge is 0.337 e. The van der Waals surface area contributed by atoms with E-state index in [1.807, 2.05) is 12.1 Å². The molecule has 1 atom stereocenters. The van der Waals surface area contributed by atoms with E-state index in [9.17, 15) is 4.79 Å². The normalized spacial score (nSPS) is 21.1. The summed E-state index contributed by atoms with van der Waals surface area (Å²) in [6.45, 7) is 1.67. The third-order valence-corrected chi connectivity index (χ3v) is 5.37. The minimum atomic E-state index is -0.304. The molecule has 2 aromatic rings. The van der Waals surface area contributed by atoms with Crippen molar-refractivity contribution in [2.45, 2.75) is 51.2 Å². The van der Waals surface area contributed by atoms with Gasteiger partial charge in [-0.3, -0.25) is 0 Å². The number of rotatable bonds is 5. The van der Waals surface area contributed by atoms with Gasteiger partial charge in [-0.15, -0.1) is 0 Å². The van der Waals surface area contributed by atoms with E-state index in [-0.39, 0.29) is 12.1 Å². The topological polar surface area (TPSA) is 53.3 Å². The van der Waals surface area contributed by atoms with E-state index in [4.69, 9.17) is 14.5 Å². The molecule has 0 amide bonds. The summed E-state index contributed by atoms with van der Waals surface area (Å²) in [5.41, 5.74) is 2.55. The first-order valence-corrected chi connectivity index (χ1v) is 8.93. The van der Waals surface area contributed by atoms with Gasteiger partial charge in [0.15, 0.2) is 0 Å². The van der Waals surface area contributed by atoms with Gasteiger partial charge < -0.3 is 14.0 Å². The van der Waals surface area contributed by atoms with Crippen molar-refractivity contribution in [3.05, 3.63) is 29.6 Å². The fourth-order valence-corrected chi connectivity index (χ4v) is 3.88. The zero-order valence-corrected chi connectivity index (χ0v) is 14.2. The van der Waals surface area contributed by atoms with Gasteiger partial charge in [0.25, 0.3) is 0 Å². The Labute approximate surface area is 142 Å². The third-order valence-electron chi connectivity index (χ3n) is 5.37. The SMILES string of the molecule is COC(=O)c1ccc2nc(CC3CCCC3)n(C[C@@H]3CCO3)c2c1. The van der Waals surface area contributed by atoms with Gasteiger partial charge >= 0.3 is 5.97 Å². The first kappa shape index (κ1) is 15.6. The lowest BCUT2D eigenvalue weighted by Crippen LogP contribution is -2.32. The molecule has 0 spiro atoms. The number of imidazole rings is 1. The number of carbonyl (C=O) groups is 1. The fourth-order valence-electron chi connectivity index (χ4n) is 3.88. The third kappa shape index (κ3) is 2.93. The van der Waals surface area contributed by atoms with Gasteiger partial charge in [-0.2, -0.15) is 0 Å². The standard InChI is InChI=1S/C19H24N2O3/c1-23-19(22)14-6-7-16-17(11-14)21(12-15-8-9-24-15)18(20-16)10-13-4-2-3-5-13/h6-7,11,13,15H,2-5,8-10,12H2,1H3/t15-/m0/s1. The molecule has 1 aromatic heterocycles. The van der Waals surface area contributed by atoms with E-state index in [0.717, 1.165) is 48.8 Å². The van der Waals surface area contributed by atoms with Crippen LogP contribution in [0.4, 0.5) is 0 Å². The summed E-state index contributed by atoms with van der Waals surface area (Å²) in [6.07, 6.45) is 7.67. The van der Waals surface area contributed by atoms with Crippen LogP contribution in [0.2, 0.25) is 0 Å². The van der Waals surface area contributed by atoms with Crippen LogP contribution in [-0.2, 0) is 22.4 Å². The van der Waals surface area contributed by atoms with Crippen LogP contribution >= 0.6 is 0 Å². The molecule has 1 aromatic carbocycles. The number of benzene rings is 1. The Morgan fingerprint density at radius 1 is 1.33 bits per heavy atom. The molecule has 2 heterocycles. The van der Waals surface area contributed by atoms with Gasteiger partial charge in [-0.25, -0.2) is 9.78 Å². The van der Waals surface area contributed by atoms with Crippen molar-refractivity contribution in [1.29, 1.82) is 0 Å². The number of hydrogen-bond acceptors (Lipinski definition) is 4. The van der Waals surface area contributed by atoms with E-state index < -0.39 is 0 Å². The van der Waals surface area contributed by atoms with E-state index in [1.54, 1.807) is 6.07 Å². The summed E-state index contributed by atoms with van der Waals surface area (Å²) in [6, 6.07) is 5.63. The zero-order chi connectivity index (χ0) is 16.5. The van der Waals surface area contributed by atoms with E-state index in [0.29, 0.717) is 5.56 Å². The maximum absolute atomic E-state index is 11.9. The molecule has 4 rings (SSSR count). The molecule has 5 heteroatoms. The lowest BCUT2D eigenvalue weighted by Gasteiger charge is -2.28. The molecular formula is C19H24N2O3.